The molecular formula is C16H17FN6. The van der Waals surface area contributed by atoms with Gasteiger partial charge in [0.25, 0.3) is 0 Å². The number of rotatable bonds is 3. The lowest BCUT2D eigenvalue weighted by molar-refractivity contribution is 0.478. The van der Waals surface area contributed by atoms with Gasteiger partial charge in [0.1, 0.15) is 17.2 Å². The SMILES string of the molecule is Fc1cncc(-c2c[nH]c3ncc(NC4CCNCC4)nc23)c1. The summed E-state index contributed by atoms with van der Waals surface area (Å²) in [5, 5.41) is 6.77. The molecule has 1 aliphatic heterocycles. The molecule has 3 N–H and O–H groups in total. The lowest BCUT2D eigenvalue weighted by atomic mass is 10.1. The number of piperidine rings is 1. The summed E-state index contributed by atoms with van der Waals surface area (Å²) in [6.45, 7) is 2.02. The van der Waals surface area contributed by atoms with Gasteiger partial charge in [-0.2, -0.15) is 0 Å². The number of nitrogens with zero attached hydrogens (tertiary/aromatic N) is 3. The number of aromatic nitrogens is 4. The Labute approximate surface area is 132 Å². The first-order valence-corrected chi connectivity index (χ1v) is 7.72. The first kappa shape index (κ1) is 14.1. The number of anilines is 1. The van der Waals surface area contributed by atoms with Crippen LogP contribution < -0.4 is 10.6 Å². The number of halogens is 1. The fourth-order valence-electron chi connectivity index (χ4n) is 2.92. The fraction of sp³-hybridized carbons (Fsp3) is 0.312. The van der Waals surface area contributed by atoms with Crippen LogP contribution in [0.25, 0.3) is 22.3 Å². The van der Waals surface area contributed by atoms with Gasteiger partial charge in [-0.1, -0.05) is 0 Å². The van der Waals surface area contributed by atoms with Crippen molar-refractivity contribution in [2.24, 2.45) is 0 Å². The van der Waals surface area contributed by atoms with Crippen LogP contribution in [0.15, 0.2) is 30.9 Å². The number of hydrogen-bond donors (Lipinski definition) is 3. The maximum atomic E-state index is 13.4. The maximum Gasteiger partial charge on any atom is 0.156 e. The molecule has 0 saturated carbocycles. The molecule has 4 heterocycles. The molecule has 4 rings (SSSR count). The van der Waals surface area contributed by atoms with E-state index in [-0.39, 0.29) is 5.82 Å². The van der Waals surface area contributed by atoms with Crippen LogP contribution in [0.5, 0.6) is 0 Å². The molecular weight excluding hydrogens is 295 g/mol. The number of pyridine rings is 1. The summed E-state index contributed by atoms with van der Waals surface area (Å²) >= 11 is 0. The van der Waals surface area contributed by atoms with Crippen LogP contribution in [-0.2, 0) is 0 Å². The van der Waals surface area contributed by atoms with Crippen LogP contribution >= 0.6 is 0 Å². The molecule has 0 aromatic carbocycles. The molecule has 0 amide bonds. The second-order valence-corrected chi connectivity index (χ2v) is 5.72. The Balaban J connectivity index is 1.68. The van der Waals surface area contributed by atoms with Gasteiger partial charge < -0.3 is 15.6 Å². The lowest BCUT2D eigenvalue weighted by Crippen LogP contribution is -2.35. The number of fused-ring (bicyclic) bond motifs is 1. The minimum Gasteiger partial charge on any atom is -0.366 e. The van der Waals surface area contributed by atoms with Crippen molar-refractivity contribution >= 4 is 17.0 Å². The van der Waals surface area contributed by atoms with Crippen LogP contribution in [0.3, 0.4) is 0 Å². The van der Waals surface area contributed by atoms with E-state index in [4.69, 9.17) is 0 Å². The third-order valence-corrected chi connectivity index (χ3v) is 4.09. The van der Waals surface area contributed by atoms with E-state index in [2.05, 4.69) is 30.6 Å². The lowest BCUT2D eigenvalue weighted by Gasteiger charge is -2.23. The summed E-state index contributed by atoms with van der Waals surface area (Å²) in [4.78, 5) is 16.0. The minimum absolute atomic E-state index is 0.367. The van der Waals surface area contributed by atoms with E-state index in [1.807, 2.05) is 0 Å². The van der Waals surface area contributed by atoms with Gasteiger partial charge in [0.2, 0.25) is 0 Å². The summed E-state index contributed by atoms with van der Waals surface area (Å²) in [5.74, 6) is 0.378. The van der Waals surface area contributed by atoms with E-state index in [0.717, 1.165) is 42.8 Å². The Hall–Kier alpha value is -2.54. The summed E-state index contributed by atoms with van der Waals surface area (Å²) in [6.07, 6.45) is 8.46. The van der Waals surface area contributed by atoms with Gasteiger partial charge in [-0.15, -0.1) is 0 Å². The van der Waals surface area contributed by atoms with Gasteiger partial charge in [-0.3, -0.25) is 4.98 Å². The zero-order chi connectivity index (χ0) is 15.6. The molecule has 0 spiro atoms. The van der Waals surface area contributed by atoms with Gasteiger partial charge in [-0.05, 0) is 32.0 Å². The topological polar surface area (TPSA) is 78.5 Å². The predicted molar refractivity (Wildman–Crippen MR) is 86.6 cm³/mol. The van der Waals surface area contributed by atoms with E-state index in [1.165, 1.54) is 12.3 Å². The third kappa shape index (κ3) is 2.87. The van der Waals surface area contributed by atoms with Crippen LogP contribution in [0.4, 0.5) is 10.2 Å². The minimum atomic E-state index is -0.367. The highest BCUT2D eigenvalue weighted by Crippen LogP contribution is 2.27. The molecule has 3 aromatic rings. The van der Waals surface area contributed by atoms with Crippen LogP contribution in [0.1, 0.15) is 12.8 Å². The standard InChI is InChI=1S/C16H17FN6/c17-11-5-10(6-19-7-11)13-8-20-16-15(13)23-14(9-21-16)22-12-1-3-18-4-2-12/h5-9,12,18H,1-4H2,(H,20,21)(H,22,23). The molecule has 23 heavy (non-hydrogen) atoms. The number of nitrogens with one attached hydrogen (secondary N) is 3. The third-order valence-electron chi connectivity index (χ3n) is 4.09. The molecule has 7 heteroatoms. The number of hydrogen-bond acceptors (Lipinski definition) is 5. The summed E-state index contributed by atoms with van der Waals surface area (Å²) in [7, 11) is 0. The Morgan fingerprint density at radius 1 is 1.17 bits per heavy atom. The molecule has 6 nitrogen and oxygen atoms in total. The van der Waals surface area contributed by atoms with Gasteiger partial charge in [0.15, 0.2) is 5.65 Å². The largest absolute Gasteiger partial charge is 0.366 e. The van der Waals surface area contributed by atoms with Crippen LogP contribution in [-0.4, -0.2) is 39.1 Å². The molecule has 0 radical (unpaired) electrons. The Kier molecular flexibility index (Phi) is 3.63. The van der Waals surface area contributed by atoms with Crippen LogP contribution in [0.2, 0.25) is 0 Å². The van der Waals surface area contributed by atoms with E-state index in [9.17, 15) is 4.39 Å². The maximum absolute atomic E-state index is 13.4. The quantitative estimate of drug-likeness (QED) is 0.692. The summed E-state index contributed by atoms with van der Waals surface area (Å²) in [5.41, 5.74) is 2.88. The van der Waals surface area contributed by atoms with E-state index >= 15 is 0 Å². The second-order valence-electron chi connectivity index (χ2n) is 5.72. The fourth-order valence-corrected chi connectivity index (χ4v) is 2.92. The van der Waals surface area contributed by atoms with E-state index < -0.39 is 0 Å². The highest BCUT2D eigenvalue weighted by atomic mass is 19.1. The molecule has 1 aliphatic rings. The van der Waals surface area contributed by atoms with Crippen molar-refractivity contribution in [2.45, 2.75) is 18.9 Å². The smallest absolute Gasteiger partial charge is 0.156 e. The van der Waals surface area contributed by atoms with Crippen molar-refractivity contribution in [3.05, 3.63) is 36.7 Å². The second kappa shape index (κ2) is 5.92. The Morgan fingerprint density at radius 2 is 2.04 bits per heavy atom. The molecule has 118 valence electrons. The highest BCUT2D eigenvalue weighted by molar-refractivity contribution is 5.90. The zero-order valence-electron chi connectivity index (χ0n) is 12.5. The summed E-state index contributed by atoms with van der Waals surface area (Å²) in [6, 6.07) is 1.85. The molecule has 0 bridgehead atoms. The highest BCUT2D eigenvalue weighted by Gasteiger charge is 2.15. The first-order valence-electron chi connectivity index (χ1n) is 7.72. The van der Waals surface area contributed by atoms with E-state index in [0.29, 0.717) is 17.3 Å². The number of aromatic amines is 1. The molecule has 1 saturated heterocycles. The normalized spacial score (nSPS) is 15.9. The van der Waals surface area contributed by atoms with E-state index in [1.54, 1.807) is 18.6 Å². The van der Waals surface area contributed by atoms with Crippen LogP contribution in [0, 0.1) is 5.82 Å². The molecule has 3 aromatic heterocycles. The van der Waals surface area contributed by atoms with Gasteiger partial charge in [-0.25, -0.2) is 14.4 Å². The molecule has 0 unspecified atom stereocenters. The van der Waals surface area contributed by atoms with Gasteiger partial charge in [0, 0.05) is 29.6 Å². The monoisotopic (exact) mass is 312 g/mol. The van der Waals surface area contributed by atoms with Crippen molar-refractivity contribution < 1.29 is 4.39 Å². The molecule has 0 atom stereocenters. The van der Waals surface area contributed by atoms with Crippen molar-refractivity contribution in [1.29, 1.82) is 0 Å². The number of H-pyrrole nitrogens is 1. The zero-order valence-corrected chi connectivity index (χ0v) is 12.5. The van der Waals surface area contributed by atoms with Crippen molar-refractivity contribution in [2.75, 3.05) is 18.4 Å². The van der Waals surface area contributed by atoms with Crippen molar-refractivity contribution in [3.63, 3.8) is 0 Å². The Bertz CT molecular complexity index is 824. The Morgan fingerprint density at radius 3 is 2.87 bits per heavy atom. The molecule has 1 fully saturated rings. The summed E-state index contributed by atoms with van der Waals surface area (Å²) < 4.78 is 13.4. The van der Waals surface area contributed by atoms with Gasteiger partial charge >= 0.3 is 0 Å². The van der Waals surface area contributed by atoms with Crippen molar-refractivity contribution in [1.82, 2.24) is 25.3 Å². The first-order chi connectivity index (χ1) is 11.3. The average Bonchev–Trinajstić information content (AvgIpc) is 2.99. The molecule has 0 aliphatic carbocycles. The average molecular weight is 312 g/mol. The van der Waals surface area contributed by atoms with Gasteiger partial charge in [0.05, 0.1) is 12.4 Å². The van der Waals surface area contributed by atoms with Crippen molar-refractivity contribution in [3.8, 4) is 11.1 Å². The predicted octanol–water partition coefficient (Wildman–Crippen LogP) is 2.32.